The first kappa shape index (κ1) is 14.6. The second kappa shape index (κ2) is 6.60. The minimum absolute atomic E-state index is 0.456. The fourth-order valence-electron chi connectivity index (χ4n) is 2.51. The number of fused-ring (bicyclic) bond motifs is 1. The van der Waals surface area contributed by atoms with E-state index in [9.17, 15) is 0 Å². The molecule has 0 spiro atoms. The molecule has 1 aliphatic rings. The van der Waals surface area contributed by atoms with Crippen LogP contribution in [0.4, 0.5) is 0 Å². The Morgan fingerprint density at radius 2 is 2.30 bits per heavy atom. The van der Waals surface area contributed by atoms with Gasteiger partial charge in [-0.15, -0.1) is 23.1 Å². The van der Waals surface area contributed by atoms with Gasteiger partial charge in [-0.2, -0.15) is 0 Å². The molecule has 0 saturated heterocycles. The Hall–Kier alpha value is -0.360. The molecule has 20 heavy (non-hydrogen) atoms. The van der Waals surface area contributed by atoms with Crippen molar-refractivity contribution in [3.63, 3.8) is 0 Å². The van der Waals surface area contributed by atoms with Crippen molar-refractivity contribution in [3.8, 4) is 0 Å². The SMILES string of the molecule is CNC1CCCc2sc(CSc3ccccc3Br)nc21. The number of benzene rings is 1. The maximum atomic E-state index is 4.87. The third kappa shape index (κ3) is 3.11. The highest BCUT2D eigenvalue weighted by molar-refractivity contribution is 9.10. The van der Waals surface area contributed by atoms with Gasteiger partial charge in [0.15, 0.2) is 0 Å². The van der Waals surface area contributed by atoms with Crippen molar-refractivity contribution in [3.05, 3.63) is 44.3 Å². The van der Waals surface area contributed by atoms with Crippen LogP contribution in [0.2, 0.25) is 0 Å². The molecular weight excluding hydrogens is 352 g/mol. The van der Waals surface area contributed by atoms with Gasteiger partial charge in [-0.3, -0.25) is 0 Å². The summed E-state index contributed by atoms with van der Waals surface area (Å²) in [6.07, 6.45) is 3.69. The van der Waals surface area contributed by atoms with E-state index in [2.05, 4.69) is 39.4 Å². The standard InChI is InChI=1S/C15H17BrN2S2/c1-17-11-6-4-8-13-15(11)18-14(20-13)9-19-12-7-3-2-5-10(12)16/h2-3,5,7,11,17H,4,6,8-9H2,1H3. The minimum Gasteiger partial charge on any atom is -0.312 e. The third-order valence-electron chi connectivity index (χ3n) is 3.53. The molecule has 0 amide bonds. The van der Waals surface area contributed by atoms with Crippen LogP contribution in [0.3, 0.4) is 0 Å². The molecule has 0 bridgehead atoms. The highest BCUT2D eigenvalue weighted by atomic mass is 79.9. The van der Waals surface area contributed by atoms with Gasteiger partial charge in [-0.1, -0.05) is 12.1 Å². The lowest BCUT2D eigenvalue weighted by Gasteiger charge is -2.19. The molecular formula is C15H17BrN2S2. The van der Waals surface area contributed by atoms with Gasteiger partial charge in [-0.05, 0) is 54.4 Å². The average Bonchev–Trinajstić information content (AvgIpc) is 2.89. The van der Waals surface area contributed by atoms with Crippen molar-refractivity contribution in [1.82, 2.24) is 10.3 Å². The summed E-state index contributed by atoms with van der Waals surface area (Å²) in [6.45, 7) is 0. The number of aromatic nitrogens is 1. The van der Waals surface area contributed by atoms with Crippen LogP contribution >= 0.6 is 39.0 Å². The second-order valence-corrected chi connectivity index (χ2v) is 7.91. The van der Waals surface area contributed by atoms with Gasteiger partial charge >= 0.3 is 0 Å². The molecule has 1 aliphatic carbocycles. The molecule has 0 saturated carbocycles. The van der Waals surface area contributed by atoms with Crippen LogP contribution in [0.25, 0.3) is 0 Å². The van der Waals surface area contributed by atoms with Crippen molar-refractivity contribution in [2.45, 2.75) is 36.0 Å². The maximum absolute atomic E-state index is 4.87. The number of hydrogen-bond donors (Lipinski definition) is 1. The molecule has 1 heterocycles. The fourth-order valence-corrected chi connectivity index (χ4v) is 5.25. The van der Waals surface area contributed by atoms with Crippen LogP contribution < -0.4 is 5.32 Å². The highest BCUT2D eigenvalue weighted by Gasteiger charge is 2.23. The Morgan fingerprint density at radius 3 is 3.10 bits per heavy atom. The molecule has 1 aromatic heterocycles. The van der Waals surface area contributed by atoms with Crippen LogP contribution in [-0.2, 0) is 12.2 Å². The normalized spacial score (nSPS) is 18.0. The predicted octanol–water partition coefficient (Wildman–Crippen LogP) is 4.79. The minimum atomic E-state index is 0.456. The summed E-state index contributed by atoms with van der Waals surface area (Å²) < 4.78 is 1.17. The Labute approximate surface area is 136 Å². The lowest BCUT2D eigenvalue weighted by atomic mass is 9.98. The molecule has 5 heteroatoms. The van der Waals surface area contributed by atoms with E-state index in [4.69, 9.17) is 4.98 Å². The Morgan fingerprint density at radius 1 is 1.45 bits per heavy atom. The number of hydrogen-bond acceptors (Lipinski definition) is 4. The topological polar surface area (TPSA) is 24.9 Å². The van der Waals surface area contributed by atoms with Crippen LogP contribution in [0.1, 0.15) is 34.5 Å². The zero-order valence-corrected chi connectivity index (χ0v) is 14.6. The number of nitrogens with one attached hydrogen (secondary N) is 1. The molecule has 0 aliphatic heterocycles. The molecule has 0 radical (unpaired) electrons. The first-order chi connectivity index (χ1) is 9.78. The average molecular weight is 369 g/mol. The number of aryl methyl sites for hydroxylation is 1. The lowest BCUT2D eigenvalue weighted by Crippen LogP contribution is -2.21. The van der Waals surface area contributed by atoms with E-state index < -0.39 is 0 Å². The Balaban J connectivity index is 1.73. The monoisotopic (exact) mass is 368 g/mol. The van der Waals surface area contributed by atoms with E-state index in [1.807, 2.05) is 36.2 Å². The zero-order chi connectivity index (χ0) is 13.9. The van der Waals surface area contributed by atoms with Gasteiger partial charge < -0.3 is 5.32 Å². The largest absolute Gasteiger partial charge is 0.312 e. The van der Waals surface area contributed by atoms with Crippen LogP contribution in [-0.4, -0.2) is 12.0 Å². The van der Waals surface area contributed by atoms with Crippen LogP contribution in [0, 0.1) is 0 Å². The van der Waals surface area contributed by atoms with E-state index >= 15 is 0 Å². The number of thiazole rings is 1. The molecule has 0 fully saturated rings. The summed E-state index contributed by atoms with van der Waals surface area (Å²) in [4.78, 5) is 7.64. The molecule has 106 valence electrons. The van der Waals surface area contributed by atoms with Gasteiger partial charge in [0, 0.05) is 14.2 Å². The van der Waals surface area contributed by atoms with Crippen LogP contribution in [0.15, 0.2) is 33.6 Å². The number of thioether (sulfide) groups is 1. The number of nitrogens with zero attached hydrogens (tertiary/aromatic N) is 1. The smallest absolute Gasteiger partial charge is 0.103 e. The fraction of sp³-hybridized carbons (Fsp3) is 0.400. The molecule has 2 aromatic rings. The summed E-state index contributed by atoms with van der Waals surface area (Å²) in [6, 6.07) is 8.83. The van der Waals surface area contributed by atoms with E-state index in [0.717, 1.165) is 5.75 Å². The van der Waals surface area contributed by atoms with Crippen molar-refractivity contribution in [2.24, 2.45) is 0 Å². The second-order valence-electron chi connectivity index (χ2n) is 4.87. The van der Waals surface area contributed by atoms with Gasteiger partial charge in [0.2, 0.25) is 0 Å². The van der Waals surface area contributed by atoms with E-state index in [1.165, 1.54) is 44.2 Å². The summed E-state index contributed by atoms with van der Waals surface area (Å²) in [5, 5.41) is 4.63. The third-order valence-corrected chi connectivity index (χ3v) is 6.89. The summed E-state index contributed by atoms with van der Waals surface area (Å²) >= 11 is 7.35. The van der Waals surface area contributed by atoms with E-state index in [-0.39, 0.29) is 0 Å². The molecule has 2 nitrogen and oxygen atoms in total. The van der Waals surface area contributed by atoms with Gasteiger partial charge in [-0.25, -0.2) is 4.98 Å². The maximum Gasteiger partial charge on any atom is 0.103 e. The zero-order valence-electron chi connectivity index (χ0n) is 11.4. The Kier molecular flexibility index (Phi) is 4.81. The Bertz CT molecular complexity index is 597. The number of rotatable bonds is 4. The summed E-state index contributed by atoms with van der Waals surface area (Å²) in [5.41, 5.74) is 1.30. The van der Waals surface area contributed by atoms with Crippen molar-refractivity contribution in [2.75, 3.05) is 7.05 Å². The molecule has 1 N–H and O–H groups in total. The first-order valence-corrected chi connectivity index (χ1v) is 9.40. The summed E-state index contributed by atoms with van der Waals surface area (Å²) in [5.74, 6) is 0.955. The quantitative estimate of drug-likeness (QED) is 0.784. The molecule has 1 aromatic carbocycles. The molecule has 1 atom stereocenters. The van der Waals surface area contributed by atoms with E-state index in [1.54, 1.807) is 0 Å². The van der Waals surface area contributed by atoms with Gasteiger partial charge in [0.05, 0.1) is 17.5 Å². The van der Waals surface area contributed by atoms with Crippen molar-refractivity contribution >= 4 is 39.0 Å². The first-order valence-electron chi connectivity index (χ1n) is 6.81. The predicted molar refractivity (Wildman–Crippen MR) is 90.6 cm³/mol. The van der Waals surface area contributed by atoms with Crippen LogP contribution in [0.5, 0.6) is 0 Å². The number of halogens is 1. The van der Waals surface area contributed by atoms with Crippen molar-refractivity contribution < 1.29 is 0 Å². The lowest BCUT2D eigenvalue weighted by molar-refractivity contribution is 0.489. The van der Waals surface area contributed by atoms with E-state index in [0.29, 0.717) is 6.04 Å². The van der Waals surface area contributed by atoms with Crippen molar-refractivity contribution in [1.29, 1.82) is 0 Å². The van der Waals surface area contributed by atoms with Gasteiger partial charge in [0.25, 0.3) is 0 Å². The molecule has 1 unspecified atom stereocenters. The molecule has 3 rings (SSSR count). The summed E-state index contributed by atoms with van der Waals surface area (Å²) in [7, 11) is 2.04. The van der Waals surface area contributed by atoms with Gasteiger partial charge in [0.1, 0.15) is 5.01 Å². The highest BCUT2D eigenvalue weighted by Crippen LogP contribution is 2.36.